The molecular formula is C19H29N4O+. The van der Waals surface area contributed by atoms with Crippen LogP contribution >= 0.6 is 0 Å². The number of carbonyl (C=O) groups is 1. The van der Waals surface area contributed by atoms with Gasteiger partial charge in [-0.05, 0) is 18.6 Å². The molecule has 0 aliphatic rings. The Labute approximate surface area is 144 Å². The van der Waals surface area contributed by atoms with E-state index in [-0.39, 0.29) is 5.91 Å². The van der Waals surface area contributed by atoms with Crippen LogP contribution in [0.25, 0.3) is 0 Å². The zero-order valence-corrected chi connectivity index (χ0v) is 14.7. The molecule has 2 aromatic rings. The third-order valence-corrected chi connectivity index (χ3v) is 4.09. The van der Waals surface area contributed by atoms with Crippen molar-refractivity contribution < 1.29 is 9.47 Å². The minimum absolute atomic E-state index is 0.132. The maximum absolute atomic E-state index is 12.1. The standard InChI is InChI=1S/C19H28N4O/c1-2-3-4-5-6-7-8-12-15-22-17-23(16-20-22)21-19(24)18-13-10-9-11-14-18/h9-11,13-14,16-17H,2-8,12,15H2,1H3/p+1. The highest BCUT2D eigenvalue weighted by atomic mass is 16.2. The first kappa shape index (κ1) is 18.2. The maximum atomic E-state index is 12.1. The third kappa shape index (κ3) is 6.52. The van der Waals surface area contributed by atoms with E-state index in [4.69, 9.17) is 0 Å². The van der Waals surface area contributed by atoms with Gasteiger partial charge in [-0.1, -0.05) is 70.1 Å². The fourth-order valence-electron chi connectivity index (χ4n) is 2.68. The van der Waals surface area contributed by atoms with Gasteiger partial charge < -0.3 is 0 Å². The zero-order valence-electron chi connectivity index (χ0n) is 14.7. The summed E-state index contributed by atoms with van der Waals surface area (Å²) in [4.78, 5) is 12.1. The van der Waals surface area contributed by atoms with Crippen molar-refractivity contribution in [2.45, 2.75) is 64.8 Å². The molecule has 0 aliphatic carbocycles. The molecule has 5 nitrogen and oxygen atoms in total. The van der Waals surface area contributed by atoms with Crippen LogP contribution in [0.5, 0.6) is 0 Å². The lowest BCUT2D eigenvalue weighted by atomic mass is 10.1. The molecule has 1 aromatic carbocycles. The second-order valence-corrected chi connectivity index (χ2v) is 6.20. The molecule has 0 fully saturated rings. The topological polar surface area (TPSA) is 50.8 Å². The Morgan fingerprint density at radius 3 is 2.42 bits per heavy atom. The lowest BCUT2D eigenvalue weighted by Crippen LogP contribution is -2.46. The maximum Gasteiger partial charge on any atom is 0.287 e. The van der Waals surface area contributed by atoms with Crippen LogP contribution in [0.2, 0.25) is 0 Å². The third-order valence-electron chi connectivity index (χ3n) is 4.09. The van der Waals surface area contributed by atoms with Gasteiger partial charge in [0.25, 0.3) is 12.2 Å². The molecule has 1 aromatic heterocycles. The molecule has 0 unspecified atom stereocenters. The minimum Gasteiger partial charge on any atom is -0.266 e. The molecule has 0 atom stereocenters. The Hall–Kier alpha value is -2.17. The summed E-state index contributed by atoms with van der Waals surface area (Å²) in [6, 6.07) is 9.18. The fraction of sp³-hybridized carbons (Fsp3) is 0.526. The number of carbonyl (C=O) groups excluding carboxylic acids is 1. The molecule has 0 bridgehead atoms. The van der Waals surface area contributed by atoms with Gasteiger partial charge in [0, 0.05) is 10.7 Å². The number of amides is 1. The molecule has 0 radical (unpaired) electrons. The van der Waals surface area contributed by atoms with Crippen molar-refractivity contribution in [3.63, 3.8) is 0 Å². The van der Waals surface area contributed by atoms with Crippen LogP contribution in [0, 0.1) is 0 Å². The van der Waals surface area contributed by atoms with Gasteiger partial charge in [0.1, 0.15) is 6.54 Å². The highest BCUT2D eigenvalue weighted by Gasteiger charge is 2.10. The Morgan fingerprint density at radius 1 is 1.04 bits per heavy atom. The van der Waals surface area contributed by atoms with E-state index in [1.807, 2.05) is 29.2 Å². The summed E-state index contributed by atoms with van der Waals surface area (Å²) in [5, 5.41) is 4.29. The number of rotatable bonds is 11. The summed E-state index contributed by atoms with van der Waals surface area (Å²) in [6.07, 6.45) is 13.9. The molecule has 1 amide bonds. The van der Waals surface area contributed by atoms with Gasteiger partial charge in [-0.3, -0.25) is 4.79 Å². The number of hydrogen-bond donors (Lipinski definition) is 1. The molecule has 0 saturated heterocycles. The van der Waals surface area contributed by atoms with Crippen molar-refractivity contribution in [1.82, 2.24) is 9.78 Å². The molecule has 0 saturated carbocycles. The molecule has 0 spiro atoms. The number of nitrogens with one attached hydrogen (secondary N) is 1. The van der Waals surface area contributed by atoms with Gasteiger partial charge in [0.15, 0.2) is 0 Å². The number of aryl methyl sites for hydroxylation is 1. The van der Waals surface area contributed by atoms with Crippen molar-refractivity contribution in [3.05, 3.63) is 48.5 Å². The molecule has 0 aliphatic heterocycles. The van der Waals surface area contributed by atoms with E-state index in [9.17, 15) is 4.79 Å². The van der Waals surface area contributed by atoms with E-state index < -0.39 is 0 Å². The van der Waals surface area contributed by atoms with Crippen LogP contribution in [-0.4, -0.2) is 15.7 Å². The molecule has 130 valence electrons. The van der Waals surface area contributed by atoms with Gasteiger partial charge in [-0.15, -0.1) is 9.36 Å². The normalized spacial score (nSPS) is 10.7. The van der Waals surface area contributed by atoms with Gasteiger partial charge in [-0.2, -0.15) is 0 Å². The monoisotopic (exact) mass is 329 g/mol. The average molecular weight is 329 g/mol. The zero-order chi connectivity index (χ0) is 17.0. The van der Waals surface area contributed by atoms with Crippen molar-refractivity contribution in [2.75, 3.05) is 5.43 Å². The first-order valence-corrected chi connectivity index (χ1v) is 9.09. The first-order chi connectivity index (χ1) is 11.8. The average Bonchev–Trinajstić information content (AvgIpc) is 3.05. The van der Waals surface area contributed by atoms with E-state index >= 15 is 0 Å². The summed E-state index contributed by atoms with van der Waals surface area (Å²) < 4.78 is 3.49. The van der Waals surface area contributed by atoms with Crippen LogP contribution in [0.3, 0.4) is 0 Å². The SMILES string of the molecule is CCCCCCCCCCn1c[n+](NC(=O)c2ccccc2)cn1. The number of nitrogens with zero attached hydrogens (tertiary/aromatic N) is 3. The van der Waals surface area contributed by atoms with Gasteiger partial charge >= 0.3 is 0 Å². The Morgan fingerprint density at radius 2 is 1.71 bits per heavy atom. The predicted octanol–water partition coefficient (Wildman–Crippen LogP) is 3.70. The van der Waals surface area contributed by atoms with Crippen LogP contribution in [0.4, 0.5) is 0 Å². The summed E-state index contributed by atoms with van der Waals surface area (Å²) in [6.45, 7) is 3.14. The Kier molecular flexibility index (Phi) is 8.01. The van der Waals surface area contributed by atoms with E-state index in [0.717, 1.165) is 13.0 Å². The van der Waals surface area contributed by atoms with E-state index in [2.05, 4.69) is 17.4 Å². The summed E-state index contributed by atoms with van der Waals surface area (Å²) >= 11 is 0. The number of hydrogen-bond acceptors (Lipinski definition) is 2. The van der Waals surface area contributed by atoms with Crippen molar-refractivity contribution >= 4 is 5.91 Å². The molecule has 5 heteroatoms. The minimum atomic E-state index is -0.132. The Bertz CT molecular complexity index is 594. The second-order valence-electron chi connectivity index (χ2n) is 6.20. The van der Waals surface area contributed by atoms with Crippen molar-refractivity contribution in [2.24, 2.45) is 0 Å². The molecule has 24 heavy (non-hydrogen) atoms. The van der Waals surface area contributed by atoms with Gasteiger partial charge in [0.2, 0.25) is 6.33 Å². The number of unbranched alkanes of at least 4 members (excludes halogenated alkanes) is 7. The van der Waals surface area contributed by atoms with Crippen molar-refractivity contribution in [1.29, 1.82) is 0 Å². The van der Waals surface area contributed by atoms with Gasteiger partial charge in [0.05, 0.1) is 0 Å². The molecule has 1 heterocycles. The van der Waals surface area contributed by atoms with Crippen LogP contribution in [0.15, 0.2) is 43.0 Å². The largest absolute Gasteiger partial charge is 0.287 e. The van der Waals surface area contributed by atoms with Crippen LogP contribution in [0.1, 0.15) is 68.6 Å². The highest BCUT2D eigenvalue weighted by Crippen LogP contribution is 2.08. The fourth-order valence-corrected chi connectivity index (χ4v) is 2.68. The lowest BCUT2D eigenvalue weighted by molar-refractivity contribution is -0.642. The number of benzene rings is 1. The molecular weight excluding hydrogens is 300 g/mol. The summed E-state index contributed by atoms with van der Waals surface area (Å²) in [5.74, 6) is -0.132. The van der Waals surface area contributed by atoms with Gasteiger partial charge in [-0.25, -0.2) is 5.43 Å². The number of aromatic nitrogens is 3. The van der Waals surface area contributed by atoms with Crippen molar-refractivity contribution in [3.8, 4) is 0 Å². The van der Waals surface area contributed by atoms with E-state index in [1.165, 1.54) is 44.9 Å². The smallest absolute Gasteiger partial charge is 0.266 e. The summed E-state index contributed by atoms with van der Waals surface area (Å²) in [7, 11) is 0. The Balaban J connectivity index is 1.63. The molecule has 2 rings (SSSR count). The highest BCUT2D eigenvalue weighted by molar-refractivity contribution is 5.98. The van der Waals surface area contributed by atoms with Crippen LogP contribution in [-0.2, 0) is 6.54 Å². The predicted molar refractivity (Wildman–Crippen MR) is 95.2 cm³/mol. The van der Waals surface area contributed by atoms with Crippen LogP contribution < -0.4 is 10.1 Å². The lowest BCUT2D eigenvalue weighted by Gasteiger charge is -2.00. The first-order valence-electron chi connectivity index (χ1n) is 9.09. The van der Waals surface area contributed by atoms with E-state index in [0.29, 0.717) is 5.56 Å². The summed E-state index contributed by atoms with van der Waals surface area (Å²) in [5.41, 5.74) is 3.44. The second kappa shape index (κ2) is 10.6. The quantitative estimate of drug-likeness (QED) is 0.505. The van der Waals surface area contributed by atoms with E-state index in [1.54, 1.807) is 23.1 Å². The molecule has 1 N–H and O–H groups in total.